The maximum atomic E-state index is 4.76. The third kappa shape index (κ3) is 1.72. The molecule has 3 rings (SSSR count). The van der Waals surface area contributed by atoms with Crippen LogP contribution in [0.15, 0.2) is 4.60 Å². The van der Waals surface area contributed by atoms with E-state index < -0.39 is 0 Å². The minimum atomic E-state index is 0.646. The van der Waals surface area contributed by atoms with Crippen molar-refractivity contribution in [1.82, 2.24) is 14.5 Å². The van der Waals surface area contributed by atoms with Gasteiger partial charge in [-0.2, -0.15) is 0 Å². The largest absolute Gasteiger partial charge is 0.331 e. The fourth-order valence-corrected chi connectivity index (χ4v) is 3.58. The first-order valence-electron chi connectivity index (χ1n) is 6.19. The Balaban J connectivity index is 1.95. The quantitative estimate of drug-likeness (QED) is 0.789. The number of imidazole rings is 1. The predicted octanol–water partition coefficient (Wildman–Crippen LogP) is 2.40. The number of aromatic nitrogens is 2. The van der Waals surface area contributed by atoms with E-state index in [0.29, 0.717) is 5.92 Å². The highest BCUT2D eigenvalue weighted by Crippen LogP contribution is 2.32. The van der Waals surface area contributed by atoms with E-state index in [1.54, 1.807) is 0 Å². The second-order valence-electron chi connectivity index (χ2n) is 5.06. The van der Waals surface area contributed by atoms with Crippen molar-refractivity contribution in [3.8, 4) is 0 Å². The molecule has 3 heterocycles. The second-order valence-corrected chi connectivity index (χ2v) is 5.82. The van der Waals surface area contributed by atoms with Crippen LogP contribution in [-0.4, -0.2) is 34.6 Å². The molecule has 16 heavy (non-hydrogen) atoms. The maximum absolute atomic E-state index is 4.76. The summed E-state index contributed by atoms with van der Waals surface area (Å²) in [4.78, 5) is 7.17. The molecule has 1 aromatic rings. The zero-order chi connectivity index (χ0) is 11.1. The van der Waals surface area contributed by atoms with Gasteiger partial charge in [0.1, 0.15) is 10.4 Å². The van der Waals surface area contributed by atoms with Gasteiger partial charge in [-0.05, 0) is 55.2 Å². The Morgan fingerprint density at radius 3 is 2.94 bits per heavy atom. The van der Waals surface area contributed by atoms with Crippen LogP contribution in [-0.2, 0) is 13.0 Å². The first-order chi connectivity index (χ1) is 7.75. The Kier molecular flexibility index (Phi) is 2.80. The number of hydrogen-bond acceptors (Lipinski definition) is 2. The highest BCUT2D eigenvalue weighted by molar-refractivity contribution is 9.10. The number of hydrogen-bond donors (Lipinski definition) is 0. The normalized spacial score (nSPS) is 26.0. The molecule has 1 atom stereocenters. The standard InChI is InChI=1S/C12H18BrN3/c1-15-7-5-9(8-15)12-14-11(13)10-4-2-3-6-16(10)12/h9H,2-8H2,1H3. The summed E-state index contributed by atoms with van der Waals surface area (Å²) in [6.45, 7) is 3.55. The molecule has 0 saturated carbocycles. The molecule has 4 heteroatoms. The van der Waals surface area contributed by atoms with Crippen LogP contribution in [0.5, 0.6) is 0 Å². The second kappa shape index (κ2) is 4.15. The summed E-state index contributed by atoms with van der Waals surface area (Å²) in [5.74, 6) is 1.97. The molecular formula is C12H18BrN3. The van der Waals surface area contributed by atoms with Gasteiger partial charge in [0, 0.05) is 19.0 Å². The molecule has 3 nitrogen and oxygen atoms in total. The summed E-state index contributed by atoms with van der Waals surface area (Å²) in [5.41, 5.74) is 1.43. The molecule has 1 unspecified atom stereocenters. The molecule has 2 aliphatic heterocycles. The first-order valence-corrected chi connectivity index (χ1v) is 6.98. The lowest BCUT2D eigenvalue weighted by atomic mass is 10.1. The third-order valence-corrected chi connectivity index (χ3v) is 4.49. The van der Waals surface area contributed by atoms with Crippen LogP contribution < -0.4 is 0 Å². The van der Waals surface area contributed by atoms with Crippen LogP contribution in [0.1, 0.15) is 36.7 Å². The van der Waals surface area contributed by atoms with Crippen LogP contribution in [0.2, 0.25) is 0 Å². The van der Waals surface area contributed by atoms with Crippen LogP contribution >= 0.6 is 15.9 Å². The van der Waals surface area contributed by atoms with E-state index >= 15 is 0 Å². The fraction of sp³-hybridized carbons (Fsp3) is 0.750. The Hall–Kier alpha value is -0.350. The van der Waals surface area contributed by atoms with E-state index in [0.717, 1.165) is 4.60 Å². The molecule has 0 radical (unpaired) electrons. The molecule has 0 amide bonds. The van der Waals surface area contributed by atoms with Crippen molar-refractivity contribution in [2.24, 2.45) is 0 Å². The Morgan fingerprint density at radius 2 is 2.19 bits per heavy atom. The molecule has 1 fully saturated rings. The molecule has 0 N–H and O–H groups in total. The lowest BCUT2D eigenvalue weighted by molar-refractivity contribution is 0.405. The highest BCUT2D eigenvalue weighted by atomic mass is 79.9. The van der Waals surface area contributed by atoms with E-state index in [-0.39, 0.29) is 0 Å². The van der Waals surface area contributed by atoms with Crippen molar-refractivity contribution in [1.29, 1.82) is 0 Å². The average molecular weight is 284 g/mol. The lowest BCUT2D eigenvalue weighted by Gasteiger charge is -2.19. The molecule has 0 aliphatic carbocycles. The van der Waals surface area contributed by atoms with E-state index in [1.165, 1.54) is 56.8 Å². The smallest absolute Gasteiger partial charge is 0.127 e. The third-order valence-electron chi connectivity index (χ3n) is 3.85. The summed E-state index contributed by atoms with van der Waals surface area (Å²) in [6.07, 6.45) is 5.08. The molecule has 0 spiro atoms. The van der Waals surface area contributed by atoms with Crippen molar-refractivity contribution >= 4 is 15.9 Å². The molecule has 1 aromatic heterocycles. The number of likely N-dealkylation sites (tertiary alicyclic amines) is 1. The lowest BCUT2D eigenvalue weighted by Crippen LogP contribution is -2.18. The monoisotopic (exact) mass is 283 g/mol. The van der Waals surface area contributed by atoms with Crippen molar-refractivity contribution in [2.45, 2.75) is 38.1 Å². The summed E-state index contributed by atoms with van der Waals surface area (Å²) in [5, 5.41) is 0. The highest BCUT2D eigenvalue weighted by Gasteiger charge is 2.28. The van der Waals surface area contributed by atoms with Gasteiger partial charge in [-0.15, -0.1) is 0 Å². The van der Waals surface area contributed by atoms with Gasteiger partial charge >= 0.3 is 0 Å². The van der Waals surface area contributed by atoms with E-state index in [9.17, 15) is 0 Å². The number of nitrogens with zero attached hydrogens (tertiary/aromatic N) is 3. The number of likely N-dealkylation sites (N-methyl/N-ethyl adjacent to an activating group) is 1. The SMILES string of the molecule is CN1CCC(c2nc(Br)c3n2CCCC3)C1. The molecule has 0 aromatic carbocycles. The van der Waals surface area contributed by atoms with Crippen LogP contribution in [0.25, 0.3) is 0 Å². The number of rotatable bonds is 1. The van der Waals surface area contributed by atoms with E-state index in [1.807, 2.05) is 0 Å². The minimum absolute atomic E-state index is 0.646. The van der Waals surface area contributed by atoms with E-state index in [2.05, 4.69) is 32.4 Å². The molecule has 1 saturated heterocycles. The molecular weight excluding hydrogens is 266 g/mol. The maximum Gasteiger partial charge on any atom is 0.127 e. The molecule has 88 valence electrons. The van der Waals surface area contributed by atoms with Crippen molar-refractivity contribution in [2.75, 3.05) is 20.1 Å². The Labute approximate surface area is 105 Å². The first kappa shape index (κ1) is 10.8. The fourth-order valence-electron chi connectivity index (χ4n) is 2.98. The Bertz CT molecular complexity index is 399. The summed E-state index contributed by atoms with van der Waals surface area (Å²) in [6, 6.07) is 0. The topological polar surface area (TPSA) is 21.1 Å². The van der Waals surface area contributed by atoms with Gasteiger partial charge in [0.15, 0.2) is 0 Å². The molecule has 2 aliphatic rings. The van der Waals surface area contributed by atoms with Gasteiger partial charge in [0.05, 0.1) is 5.69 Å². The van der Waals surface area contributed by atoms with E-state index in [4.69, 9.17) is 4.98 Å². The van der Waals surface area contributed by atoms with Gasteiger partial charge < -0.3 is 9.47 Å². The summed E-state index contributed by atoms with van der Waals surface area (Å²) >= 11 is 3.62. The summed E-state index contributed by atoms with van der Waals surface area (Å²) in [7, 11) is 2.20. The van der Waals surface area contributed by atoms with Gasteiger partial charge in [-0.3, -0.25) is 0 Å². The van der Waals surface area contributed by atoms with Gasteiger partial charge in [-0.25, -0.2) is 4.98 Å². The van der Waals surface area contributed by atoms with Crippen molar-refractivity contribution in [3.05, 3.63) is 16.1 Å². The van der Waals surface area contributed by atoms with Gasteiger partial charge in [0.2, 0.25) is 0 Å². The average Bonchev–Trinajstić information content (AvgIpc) is 2.84. The zero-order valence-corrected chi connectivity index (χ0v) is 11.3. The van der Waals surface area contributed by atoms with Crippen LogP contribution in [0.4, 0.5) is 0 Å². The van der Waals surface area contributed by atoms with Gasteiger partial charge in [-0.1, -0.05) is 0 Å². The zero-order valence-electron chi connectivity index (χ0n) is 9.75. The number of fused-ring (bicyclic) bond motifs is 1. The Morgan fingerprint density at radius 1 is 1.31 bits per heavy atom. The summed E-state index contributed by atoms with van der Waals surface area (Å²) < 4.78 is 3.56. The van der Waals surface area contributed by atoms with Crippen molar-refractivity contribution < 1.29 is 0 Å². The number of halogens is 1. The predicted molar refractivity (Wildman–Crippen MR) is 67.7 cm³/mol. The van der Waals surface area contributed by atoms with Crippen molar-refractivity contribution in [3.63, 3.8) is 0 Å². The van der Waals surface area contributed by atoms with Crippen LogP contribution in [0.3, 0.4) is 0 Å². The molecule has 0 bridgehead atoms. The minimum Gasteiger partial charge on any atom is -0.331 e. The van der Waals surface area contributed by atoms with Gasteiger partial charge in [0.25, 0.3) is 0 Å². The van der Waals surface area contributed by atoms with Crippen LogP contribution in [0, 0.1) is 0 Å².